The molecule has 72 valence electrons. The normalized spacial score (nSPS) is 11.0. The van der Waals surface area contributed by atoms with Crippen LogP contribution in [0.25, 0.3) is 21.8 Å². The largest absolute Gasteiger partial charge is 0.309 e. The SMILES string of the molecule is Fc1ncc2ccc3ncccc3c2n1. The summed E-state index contributed by atoms with van der Waals surface area (Å²) in [5, 5.41) is 1.66. The van der Waals surface area contributed by atoms with E-state index in [1.165, 1.54) is 6.20 Å². The summed E-state index contributed by atoms with van der Waals surface area (Å²) < 4.78 is 12.9. The van der Waals surface area contributed by atoms with E-state index in [1.807, 2.05) is 24.3 Å². The number of nitrogens with zero attached hydrogens (tertiary/aromatic N) is 3. The molecule has 0 saturated heterocycles. The van der Waals surface area contributed by atoms with Crippen LogP contribution in [0.2, 0.25) is 0 Å². The van der Waals surface area contributed by atoms with Crippen molar-refractivity contribution in [2.45, 2.75) is 0 Å². The number of aromatic nitrogens is 3. The Morgan fingerprint density at radius 1 is 1.07 bits per heavy atom. The molecule has 0 amide bonds. The van der Waals surface area contributed by atoms with Gasteiger partial charge in [-0.05, 0) is 24.3 Å². The third-order valence-electron chi connectivity index (χ3n) is 2.30. The second kappa shape index (κ2) is 2.95. The van der Waals surface area contributed by atoms with E-state index < -0.39 is 6.08 Å². The Kier molecular flexibility index (Phi) is 1.62. The van der Waals surface area contributed by atoms with Crippen molar-refractivity contribution in [3.63, 3.8) is 0 Å². The highest BCUT2D eigenvalue weighted by Gasteiger charge is 2.03. The third kappa shape index (κ3) is 1.22. The molecule has 0 aliphatic carbocycles. The number of hydrogen-bond acceptors (Lipinski definition) is 3. The highest BCUT2D eigenvalue weighted by Crippen LogP contribution is 2.21. The van der Waals surface area contributed by atoms with Crippen LogP contribution in [0.4, 0.5) is 4.39 Å². The van der Waals surface area contributed by atoms with Gasteiger partial charge in [-0.3, -0.25) is 4.98 Å². The molecule has 0 aliphatic heterocycles. The molecule has 3 rings (SSSR count). The minimum absolute atomic E-state index is 0.605. The highest BCUT2D eigenvalue weighted by molar-refractivity contribution is 6.03. The average molecular weight is 199 g/mol. The second-order valence-corrected chi connectivity index (χ2v) is 3.21. The number of halogens is 1. The van der Waals surface area contributed by atoms with Crippen LogP contribution in [0.3, 0.4) is 0 Å². The molecule has 0 fully saturated rings. The first kappa shape index (κ1) is 8.23. The monoisotopic (exact) mass is 199 g/mol. The molecule has 0 bridgehead atoms. The highest BCUT2D eigenvalue weighted by atomic mass is 19.1. The fourth-order valence-corrected chi connectivity index (χ4v) is 1.63. The van der Waals surface area contributed by atoms with Crippen LogP contribution in [0.15, 0.2) is 36.7 Å². The maximum absolute atomic E-state index is 12.9. The number of fused-ring (bicyclic) bond motifs is 3. The van der Waals surface area contributed by atoms with E-state index in [4.69, 9.17) is 0 Å². The van der Waals surface area contributed by atoms with E-state index in [2.05, 4.69) is 15.0 Å². The molecule has 0 saturated carbocycles. The van der Waals surface area contributed by atoms with E-state index in [0.717, 1.165) is 16.3 Å². The Hall–Kier alpha value is -2.10. The molecule has 0 N–H and O–H groups in total. The van der Waals surface area contributed by atoms with Crippen LogP contribution in [0.1, 0.15) is 0 Å². The van der Waals surface area contributed by atoms with Crippen molar-refractivity contribution in [1.82, 2.24) is 15.0 Å². The molecular weight excluding hydrogens is 193 g/mol. The summed E-state index contributed by atoms with van der Waals surface area (Å²) in [6.45, 7) is 0. The Morgan fingerprint density at radius 2 is 2.00 bits per heavy atom. The maximum Gasteiger partial charge on any atom is 0.309 e. The average Bonchev–Trinajstić information content (AvgIpc) is 2.29. The number of rotatable bonds is 0. The molecule has 15 heavy (non-hydrogen) atoms. The lowest BCUT2D eigenvalue weighted by Gasteiger charge is -2.00. The van der Waals surface area contributed by atoms with Crippen molar-refractivity contribution in [2.75, 3.05) is 0 Å². The molecule has 3 aromatic rings. The van der Waals surface area contributed by atoms with E-state index in [1.54, 1.807) is 6.20 Å². The molecule has 2 aromatic heterocycles. The molecule has 0 spiro atoms. The molecule has 0 unspecified atom stereocenters. The van der Waals surface area contributed by atoms with Crippen LogP contribution < -0.4 is 0 Å². The van der Waals surface area contributed by atoms with Gasteiger partial charge < -0.3 is 0 Å². The molecule has 4 heteroatoms. The lowest BCUT2D eigenvalue weighted by Crippen LogP contribution is -1.90. The Morgan fingerprint density at radius 3 is 2.93 bits per heavy atom. The Bertz CT molecular complexity index is 651. The van der Waals surface area contributed by atoms with Gasteiger partial charge in [0.2, 0.25) is 0 Å². The molecule has 3 nitrogen and oxygen atoms in total. The predicted octanol–water partition coefficient (Wildman–Crippen LogP) is 2.32. The molecular formula is C11H6FN3. The van der Waals surface area contributed by atoms with Gasteiger partial charge >= 0.3 is 6.08 Å². The summed E-state index contributed by atoms with van der Waals surface area (Å²) in [5.74, 6) is 0. The van der Waals surface area contributed by atoms with Gasteiger partial charge in [-0.15, -0.1) is 0 Å². The van der Waals surface area contributed by atoms with Gasteiger partial charge in [-0.25, -0.2) is 9.97 Å². The van der Waals surface area contributed by atoms with Crippen molar-refractivity contribution in [3.8, 4) is 0 Å². The van der Waals surface area contributed by atoms with Crippen molar-refractivity contribution in [1.29, 1.82) is 0 Å². The van der Waals surface area contributed by atoms with E-state index in [9.17, 15) is 4.39 Å². The number of pyridine rings is 1. The minimum atomic E-state index is -0.709. The van der Waals surface area contributed by atoms with Crippen LogP contribution in [-0.4, -0.2) is 15.0 Å². The summed E-state index contributed by atoms with van der Waals surface area (Å²) in [6, 6.07) is 7.39. The van der Waals surface area contributed by atoms with Crippen LogP contribution >= 0.6 is 0 Å². The first-order valence-corrected chi connectivity index (χ1v) is 4.50. The van der Waals surface area contributed by atoms with Gasteiger partial charge in [-0.2, -0.15) is 4.39 Å². The Labute approximate surface area is 84.6 Å². The third-order valence-corrected chi connectivity index (χ3v) is 2.30. The lowest BCUT2D eigenvalue weighted by atomic mass is 10.1. The zero-order valence-corrected chi connectivity index (χ0v) is 7.68. The van der Waals surface area contributed by atoms with Crippen molar-refractivity contribution in [2.24, 2.45) is 0 Å². The molecule has 0 atom stereocenters. The lowest BCUT2D eigenvalue weighted by molar-refractivity contribution is 0.545. The Balaban J connectivity index is 2.57. The summed E-state index contributed by atoms with van der Waals surface area (Å²) in [4.78, 5) is 11.5. The molecule has 2 heterocycles. The van der Waals surface area contributed by atoms with Crippen molar-refractivity contribution in [3.05, 3.63) is 42.7 Å². The van der Waals surface area contributed by atoms with Gasteiger partial charge in [0.1, 0.15) is 0 Å². The van der Waals surface area contributed by atoms with Crippen molar-refractivity contribution >= 4 is 21.8 Å². The summed E-state index contributed by atoms with van der Waals surface area (Å²) in [5.41, 5.74) is 1.41. The summed E-state index contributed by atoms with van der Waals surface area (Å²) in [7, 11) is 0. The predicted molar refractivity (Wildman–Crippen MR) is 54.8 cm³/mol. The van der Waals surface area contributed by atoms with E-state index in [0.29, 0.717) is 5.52 Å². The topological polar surface area (TPSA) is 38.7 Å². The summed E-state index contributed by atoms with van der Waals surface area (Å²) in [6.07, 6.45) is 2.47. The van der Waals surface area contributed by atoms with Gasteiger partial charge in [0.05, 0.1) is 11.0 Å². The first-order chi connectivity index (χ1) is 7.34. The standard InChI is InChI=1S/C11H6FN3/c12-11-14-6-7-3-4-9-8(10(7)15-11)2-1-5-13-9/h1-6H. The number of benzene rings is 1. The van der Waals surface area contributed by atoms with Gasteiger partial charge in [0, 0.05) is 23.2 Å². The van der Waals surface area contributed by atoms with Gasteiger partial charge in [0.25, 0.3) is 0 Å². The molecule has 1 aromatic carbocycles. The van der Waals surface area contributed by atoms with Crippen LogP contribution in [0, 0.1) is 6.08 Å². The van der Waals surface area contributed by atoms with Gasteiger partial charge in [0.15, 0.2) is 0 Å². The van der Waals surface area contributed by atoms with E-state index >= 15 is 0 Å². The summed E-state index contributed by atoms with van der Waals surface area (Å²) >= 11 is 0. The van der Waals surface area contributed by atoms with Crippen LogP contribution in [0.5, 0.6) is 0 Å². The number of hydrogen-bond donors (Lipinski definition) is 0. The second-order valence-electron chi connectivity index (χ2n) is 3.21. The zero-order chi connectivity index (χ0) is 10.3. The first-order valence-electron chi connectivity index (χ1n) is 4.50. The van der Waals surface area contributed by atoms with E-state index in [-0.39, 0.29) is 0 Å². The van der Waals surface area contributed by atoms with Gasteiger partial charge in [-0.1, -0.05) is 0 Å². The quantitative estimate of drug-likeness (QED) is 0.412. The minimum Gasteiger partial charge on any atom is -0.256 e. The smallest absolute Gasteiger partial charge is 0.256 e. The fraction of sp³-hybridized carbons (Fsp3) is 0. The molecule has 0 aliphatic rings. The van der Waals surface area contributed by atoms with Crippen LogP contribution in [-0.2, 0) is 0 Å². The maximum atomic E-state index is 12.9. The molecule has 0 radical (unpaired) electrons. The fourth-order valence-electron chi connectivity index (χ4n) is 1.63. The zero-order valence-electron chi connectivity index (χ0n) is 7.68. The van der Waals surface area contributed by atoms with Crippen molar-refractivity contribution < 1.29 is 4.39 Å².